The van der Waals surface area contributed by atoms with Crippen molar-refractivity contribution in [1.29, 1.82) is 0 Å². The number of urea groups is 1. The summed E-state index contributed by atoms with van der Waals surface area (Å²) in [5, 5.41) is 5.84. The van der Waals surface area contributed by atoms with Crippen molar-refractivity contribution in [1.82, 2.24) is 10.6 Å². The van der Waals surface area contributed by atoms with Crippen LogP contribution in [-0.4, -0.2) is 31.1 Å². The Balaban J connectivity index is 1.86. The fourth-order valence-corrected chi connectivity index (χ4v) is 3.24. The van der Waals surface area contributed by atoms with Gasteiger partial charge in [-0.2, -0.15) is 0 Å². The summed E-state index contributed by atoms with van der Waals surface area (Å²) in [4.78, 5) is 35.1. The number of hydrogen-bond donors (Lipinski definition) is 2. The fraction of sp³-hybridized carbons (Fsp3) is 0.118. The van der Waals surface area contributed by atoms with E-state index in [-0.39, 0.29) is 6.54 Å². The van der Waals surface area contributed by atoms with Crippen molar-refractivity contribution in [3.05, 3.63) is 52.9 Å². The molecule has 0 saturated carbocycles. The predicted octanol–water partition coefficient (Wildman–Crippen LogP) is 3.12. The maximum Gasteiger partial charge on any atom is 0.331 e. The Hall–Kier alpha value is -2.64. The molecule has 1 aromatic heterocycles. The highest BCUT2D eigenvalue weighted by Crippen LogP contribution is 2.35. The highest BCUT2D eigenvalue weighted by molar-refractivity contribution is 7.20. The van der Waals surface area contributed by atoms with Crippen LogP contribution in [0.25, 0.3) is 16.2 Å². The van der Waals surface area contributed by atoms with Crippen LogP contribution >= 0.6 is 22.9 Å². The predicted molar refractivity (Wildman–Crippen MR) is 98.6 cm³/mol. The van der Waals surface area contributed by atoms with Gasteiger partial charge in [-0.3, -0.25) is 10.1 Å². The zero-order valence-electron chi connectivity index (χ0n) is 13.1. The quantitative estimate of drug-likeness (QED) is 0.459. The van der Waals surface area contributed by atoms with E-state index >= 15 is 0 Å². The van der Waals surface area contributed by atoms with E-state index in [1.54, 1.807) is 0 Å². The van der Waals surface area contributed by atoms with Crippen LogP contribution in [0.4, 0.5) is 4.79 Å². The second-order valence-corrected chi connectivity index (χ2v) is 6.23. The number of halogens is 1. The lowest BCUT2D eigenvalue weighted by molar-refractivity contribution is -0.143. The van der Waals surface area contributed by atoms with Crippen molar-refractivity contribution in [2.24, 2.45) is 0 Å². The van der Waals surface area contributed by atoms with Crippen LogP contribution in [0.15, 0.2) is 43.0 Å². The van der Waals surface area contributed by atoms with Gasteiger partial charge >= 0.3 is 12.0 Å². The molecule has 0 aliphatic heterocycles. The summed E-state index contributed by atoms with van der Waals surface area (Å²) in [6.45, 7) is 3.08. The highest BCUT2D eigenvalue weighted by atomic mass is 35.5. The third kappa shape index (κ3) is 5.44. The van der Waals surface area contributed by atoms with Crippen molar-refractivity contribution in [3.8, 4) is 0 Å². The van der Waals surface area contributed by atoms with Gasteiger partial charge in [-0.1, -0.05) is 35.9 Å². The zero-order chi connectivity index (χ0) is 18.2. The third-order valence-corrected chi connectivity index (χ3v) is 4.59. The summed E-state index contributed by atoms with van der Waals surface area (Å²) in [6.07, 6.45) is 4.18. The number of carbonyl (C=O) groups excluding carboxylic acids is 3. The molecule has 25 heavy (non-hydrogen) atoms. The van der Waals surface area contributed by atoms with Gasteiger partial charge in [0, 0.05) is 27.6 Å². The van der Waals surface area contributed by atoms with Crippen molar-refractivity contribution in [2.45, 2.75) is 0 Å². The molecule has 0 saturated heterocycles. The van der Waals surface area contributed by atoms with Gasteiger partial charge in [-0.25, -0.2) is 9.59 Å². The second-order valence-electron chi connectivity index (χ2n) is 4.76. The topological polar surface area (TPSA) is 84.5 Å². The third-order valence-electron chi connectivity index (χ3n) is 2.94. The van der Waals surface area contributed by atoms with E-state index in [4.69, 9.17) is 16.3 Å². The monoisotopic (exact) mass is 378 g/mol. The van der Waals surface area contributed by atoms with Crippen LogP contribution in [0.2, 0.25) is 5.02 Å². The number of benzene rings is 1. The number of imide groups is 1. The number of ether oxygens (including phenoxy) is 1. The summed E-state index contributed by atoms with van der Waals surface area (Å²) in [6, 6.07) is 6.93. The first-order valence-electron chi connectivity index (χ1n) is 7.21. The molecule has 0 atom stereocenters. The number of amides is 3. The molecule has 2 N–H and O–H groups in total. The number of rotatable bonds is 6. The molecule has 2 aromatic rings. The first-order valence-corrected chi connectivity index (χ1v) is 8.41. The Kier molecular flexibility index (Phi) is 6.73. The van der Waals surface area contributed by atoms with Gasteiger partial charge in [0.05, 0.1) is 5.02 Å². The SMILES string of the molecule is C=CCNC(=O)NC(=O)COC(=O)/C=C/c1sc2ccccc2c1Cl. The number of esters is 1. The Morgan fingerprint density at radius 3 is 2.76 bits per heavy atom. The van der Waals surface area contributed by atoms with E-state index in [1.807, 2.05) is 29.6 Å². The minimum absolute atomic E-state index is 0.220. The molecule has 1 heterocycles. The molecule has 0 bridgehead atoms. The maximum atomic E-state index is 11.7. The Morgan fingerprint density at radius 2 is 2.04 bits per heavy atom. The lowest BCUT2D eigenvalue weighted by atomic mass is 10.2. The van der Waals surface area contributed by atoms with Crippen LogP contribution in [0.1, 0.15) is 4.88 Å². The number of thiophene rings is 1. The molecule has 0 radical (unpaired) electrons. The van der Waals surface area contributed by atoms with Gasteiger partial charge in [-0.15, -0.1) is 17.9 Å². The maximum absolute atomic E-state index is 11.7. The Morgan fingerprint density at radius 1 is 1.28 bits per heavy atom. The number of hydrogen-bond acceptors (Lipinski definition) is 5. The Bertz CT molecular complexity index is 844. The summed E-state index contributed by atoms with van der Waals surface area (Å²) in [5.74, 6) is -1.45. The van der Waals surface area contributed by atoms with Gasteiger partial charge in [-0.05, 0) is 12.1 Å². The van der Waals surface area contributed by atoms with E-state index in [1.165, 1.54) is 29.6 Å². The van der Waals surface area contributed by atoms with Crippen LogP contribution in [0, 0.1) is 0 Å². The second kappa shape index (κ2) is 9.00. The van der Waals surface area contributed by atoms with E-state index in [9.17, 15) is 14.4 Å². The molecule has 0 spiro atoms. The molecule has 2 rings (SSSR count). The average Bonchev–Trinajstić information content (AvgIpc) is 2.92. The molecule has 0 aliphatic rings. The Labute approximate surface area is 153 Å². The normalized spacial score (nSPS) is 10.6. The number of nitrogens with one attached hydrogen (secondary N) is 2. The minimum atomic E-state index is -0.733. The van der Waals surface area contributed by atoms with Crippen molar-refractivity contribution >= 4 is 57.0 Å². The molecule has 3 amide bonds. The molecule has 6 nitrogen and oxygen atoms in total. The first-order chi connectivity index (χ1) is 12.0. The van der Waals surface area contributed by atoms with Gasteiger partial charge in [0.25, 0.3) is 5.91 Å². The summed E-state index contributed by atoms with van der Waals surface area (Å²) in [5.41, 5.74) is 0. The minimum Gasteiger partial charge on any atom is -0.452 e. The number of carbonyl (C=O) groups is 3. The first kappa shape index (κ1) is 18.7. The van der Waals surface area contributed by atoms with Gasteiger partial charge in [0.15, 0.2) is 6.61 Å². The summed E-state index contributed by atoms with van der Waals surface area (Å²) < 4.78 is 5.77. The summed E-state index contributed by atoms with van der Waals surface area (Å²) in [7, 11) is 0. The molecule has 130 valence electrons. The van der Waals surface area contributed by atoms with Crippen LogP contribution in [-0.2, 0) is 14.3 Å². The van der Waals surface area contributed by atoms with E-state index in [0.29, 0.717) is 9.90 Å². The number of fused-ring (bicyclic) bond motifs is 1. The van der Waals surface area contributed by atoms with E-state index < -0.39 is 24.5 Å². The molecular weight excluding hydrogens is 364 g/mol. The molecule has 0 fully saturated rings. The lowest BCUT2D eigenvalue weighted by Crippen LogP contribution is -2.41. The summed E-state index contributed by atoms with van der Waals surface area (Å²) >= 11 is 7.70. The fourth-order valence-electron chi connectivity index (χ4n) is 1.84. The molecule has 0 aliphatic carbocycles. The van der Waals surface area contributed by atoms with Crippen LogP contribution in [0.3, 0.4) is 0 Å². The molecule has 8 heteroatoms. The molecule has 1 aromatic carbocycles. The van der Waals surface area contributed by atoms with Gasteiger partial charge < -0.3 is 10.1 Å². The standard InChI is InChI=1S/C17H15ClN2O4S/c1-2-9-19-17(23)20-14(21)10-24-15(22)8-7-13-16(18)11-5-3-4-6-12(11)25-13/h2-8H,1,9-10H2,(H2,19,20,21,23)/b8-7+. The van der Waals surface area contributed by atoms with Crippen LogP contribution < -0.4 is 10.6 Å². The molecular formula is C17H15ClN2O4S. The zero-order valence-corrected chi connectivity index (χ0v) is 14.7. The van der Waals surface area contributed by atoms with Crippen LogP contribution in [0.5, 0.6) is 0 Å². The largest absolute Gasteiger partial charge is 0.452 e. The van der Waals surface area contributed by atoms with E-state index in [0.717, 1.165) is 10.1 Å². The molecule has 0 unspecified atom stereocenters. The van der Waals surface area contributed by atoms with Gasteiger partial charge in [0.2, 0.25) is 0 Å². The van der Waals surface area contributed by atoms with Crippen molar-refractivity contribution in [3.63, 3.8) is 0 Å². The van der Waals surface area contributed by atoms with Crippen molar-refractivity contribution in [2.75, 3.05) is 13.2 Å². The van der Waals surface area contributed by atoms with Gasteiger partial charge in [0.1, 0.15) is 0 Å². The van der Waals surface area contributed by atoms with Crippen molar-refractivity contribution < 1.29 is 19.1 Å². The highest BCUT2D eigenvalue weighted by Gasteiger charge is 2.10. The smallest absolute Gasteiger partial charge is 0.331 e. The lowest BCUT2D eigenvalue weighted by Gasteiger charge is -2.04. The van der Waals surface area contributed by atoms with E-state index in [2.05, 4.69) is 11.9 Å². The average molecular weight is 379 g/mol.